The van der Waals surface area contributed by atoms with Gasteiger partial charge < -0.3 is 9.40 Å². The van der Waals surface area contributed by atoms with Crippen molar-refractivity contribution in [1.29, 1.82) is 5.26 Å². The molecule has 0 saturated heterocycles. The SMILES string of the molecule is CC(C)N(Cc1ccc(C#N)cc1)Cc1nc2c(oc3ccccc32)c(=O)[nH]1. The highest BCUT2D eigenvalue weighted by atomic mass is 16.3. The minimum atomic E-state index is -0.265. The summed E-state index contributed by atoms with van der Waals surface area (Å²) in [6.07, 6.45) is 0. The number of nitrogens with one attached hydrogen (secondary N) is 1. The maximum absolute atomic E-state index is 12.5. The molecule has 0 amide bonds. The van der Waals surface area contributed by atoms with Crippen molar-refractivity contribution < 1.29 is 4.42 Å². The van der Waals surface area contributed by atoms with Crippen LogP contribution in [0.25, 0.3) is 22.1 Å². The van der Waals surface area contributed by atoms with Crippen molar-refractivity contribution in [1.82, 2.24) is 14.9 Å². The fourth-order valence-electron chi connectivity index (χ4n) is 3.25. The summed E-state index contributed by atoms with van der Waals surface area (Å²) in [5.41, 5.74) is 2.99. The van der Waals surface area contributed by atoms with E-state index >= 15 is 0 Å². The van der Waals surface area contributed by atoms with Gasteiger partial charge in [0, 0.05) is 18.0 Å². The minimum absolute atomic E-state index is 0.248. The molecule has 0 radical (unpaired) electrons. The molecule has 0 saturated carbocycles. The molecular formula is C22H20N4O2. The van der Waals surface area contributed by atoms with Crippen molar-refractivity contribution in [2.75, 3.05) is 0 Å². The summed E-state index contributed by atoms with van der Waals surface area (Å²) in [6, 6.07) is 17.5. The summed E-state index contributed by atoms with van der Waals surface area (Å²) in [5.74, 6) is 0.603. The van der Waals surface area contributed by atoms with Crippen LogP contribution < -0.4 is 5.56 Å². The summed E-state index contributed by atoms with van der Waals surface area (Å²) >= 11 is 0. The zero-order chi connectivity index (χ0) is 19.7. The average molecular weight is 372 g/mol. The summed E-state index contributed by atoms with van der Waals surface area (Å²) in [5, 5.41) is 9.79. The van der Waals surface area contributed by atoms with Crippen LogP contribution in [0.2, 0.25) is 0 Å². The zero-order valence-corrected chi connectivity index (χ0v) is 15.8. The molecule has 4 rings (SSSR count). The number of nitrogens with zero attached hydrogens (tertiary/aromatic N) is 3. The van der Waals surface area contributed by atoms with Crippen LogP contribution in [-0.4, -0.2) is 20.9 Å². The first-order valence-corrected chi connectivity index (χ1v) is 9.18. The molecule has 0 atom stereocenters. The molecule has 1 N–H and O–H groups in total. The van der Waals surface area contributed by atoms with E-state index in [-0.39, 0.29) is 17.2 Å². The van der Waals surface area contributed by atoms with E-state index in [4.69, 9.17) is 9.68 Å². The molecule has 0 aliphatic heterocycles. The standard InChI is InChI=1S/C22H20N4O2/c1-14(2)26(12-16-9-7-15(11-23)8-10-16)13-19-24-20-17-5-3-4-6-18(17)28-21(20)22(27)25-19/h3-10,14H,12-13H2,1-2H3,(H,24,25,27). The third-order valence-electron chi connectivity index (χ3n) is 4.83. The monoisotopic (exact) mass is 372 g/mol. The smallest absolute Gasteiger partial charge is 0.294 e. The number of para-hydroxylation sites is 1. The molecular weight excluding hydrogens is 352 g/mol. The highest BCUT2D eigenvalue weighted by molar-refractivity contribution is 6.01. The first-order chi connectivity index (χ1) is 13.5. The number of rotatable bonds is 5. The topological polar surface area (TPSA) is 85.9 Å². The molecule has 2 aromatic carbocycles. The second-order valence-electron chi connectivity index (χ2n) is 7.10. The van der Waals surface area contributed by atoms with Crippen molar-refractivity contribution in [2.45, 2.75) is 33.0 Å². The molecule has 0 aliphatic rings. The van der Waals surface area contributed by atoms with Gasteiger partial charge in [0.25, 0.3) is 5.56 Å². The molecule has 0 bridgehead atoms. The quantitative estimate of drug-likeness (QED) is 0.573. The highest BCUT2D eigenvalue weighted by Crippen LogP contribution is 2.24. The summed E-state index contributed by atoms with van der Waals surface area (Å²) in [4.78, 5) is 22.3. The van der Waals surface area contributed by atoms with E-state index in [1.54, 1.807) is 0 Å². The van der Waals surface area contributed by atoms with Gasteiger partial charge in [0.1, 0.15) is 16.9 Å². The van der Waals surface area contributed by atoms with Gasteiger partial charge in [-0.2, -0.15) is 5.26 Å². The fraction of sp³-hybridized carbons (Fsp3) is 0.227. The summed E-state index contributed by atoms with van der Waals surface area (Å²) in [6.45, 7) is 5.40. The van der Waals surface area contributed by atoms with Gasteiger partial charge in [-0.3, -0.25) is 9.69 Å². The number of nitriles is 1. The maximum atomic E-state index is 12.5. The van der Waals surface area contributed by atoms with Crippen molar-refractivity contribution in [3.8, 4) is 6.07 Å². The predicted octanol–water partition coefficient (Wildman–Crippen LogP) is 3.95. The van der Waals surface area contributed by atoms with E-state index in [1.807, 2.05) is 48.5 Å². The molecule has 6 heteroatoms. The lowest BCUT2D eigenvalue weighted by Crippen LogP contribution is -2.31. The minimum Gasteiger partial charge on any atom is -0.449 e. The van der Waals surface area contributed by atoms with Crippen LogP contribution in [0.1, 0.15) is 30.8 Å². The van der Waals surface area contributed by atoms with Crippen molar-refractivity contribution in [3.05, 3.63) is 75.8 Å². The molecule has 28 heavy (non-hydrogen) atoms. The number of benzene rings is 2. The lowest BCUT2D eigenvalue weighted by Gasteiger charge is -2.26. The van der Waals surface area contributed by atoms with Gasteiger partial charge in [0.2, 0.25) is 5.58 Å². The maximum Gasteiger partial charge on any atom is 0.294 e. The Hall–Kier alpha value is -3.43. The second-order valence-corrected chi connectivity index (χ2v) is 7.10. The van der Waals surface area contributed by atoms with Crippen molar-refractivity contribution in [2.24, 2.45) is 0 Å². The summed E-state index contributed by atoms with van der Waals surface area (Å²) < 4.78 is 5.66. The van der Waals surface area contributed by atoms with Gasteiger partial charge in [-0.15, -0.1) is 0 Å². The van der Waals surface area contributed by atoms with Gasteiger partial charge >= 0.3 is 0 Å². The summed E-state index contributed by atoms with van der Waals surface area (Å²) in [7, 11) is 0. The molecule has 140 valence electrons. The lowest BCUT2D eigenvalue weighted by atomic mass is 10.1. The van der Waals surface area contributed by atoms with Crippen LogP contribution in [-0.2, 0) is 13.1 Å². The molecule has 4 aromatic rings. The first-order valence-electron chi connectivity index (χ1n) is 9.18. The number of hydrogen-bond donors (Lipinski definition) is 1. The van der Waals surface area contributed by atoms with Gasteiger partial charge in [-0.25, -0.2) is 4.98 Å². The van der Waals surface area contributed by atoms with Crippen LogP contribution in [0.4, 0.5) is 0 Å². The third-order valence-corrected chi connectivity index (χ3v) is 4.83. The van der Waals surface area contributed by atoms with Gasteiger partial charge in [0.15, 0.2) is 0 Å². The Bertz CT molecular complexity index is 1230. The van der Waals surface area contributed by atoms with Gasteiger partial charge in [0.05, 0.1) is 18.2 Å². The number of fused-ring (bicyclic) bond motifs is 3. The second kappa shape index (κ2) is 7.29. The number of furan rings is 1. The van der Waals surface area contributed by atoms with E-state index in [0.29, 0.717) is 35.6 Å². The van der Waals surface area contributed by atoms with E-state index in [1.165, 1.54) is 0 Å². The predicted molar refractivity (Wildman–Crippen MR) is 108 cm³/mol. The van der Waals surface area contributed by atoms with E-state index in [0.717, 1.165) is 10.9 Å². The lowest BCUT2D eigenvalue weighted by molar-refractivity contribution is 0.198. The van der Waals surface area contributed by atoms with Crippen molar-refractivity contribution >= 4 is 22.1 Å². The van der Waals surface area contributed by atoms with Crippen LogP contribution in [0.3, 0.4) is 0 Å². The van der Waals surface area contributed by atoms with Crippen LogP contribution in [0, 0.1) is 11.3 Å². The van der Waals surface area contributed by atoms with E-state index < -0.39 is 0 Å². The molecule has 2 heterocycles. The Morgan fingerprint density at radius 3 is 2.61 bits per heavy atom. The number of aromatic amines is 1. The number of H-pyrrole nitrogens is 1. The van der Waals surface area contributed by atoms with Gasteiger partial charge in [-0.05, 0) is 43.7 Å². The molecule has 0 fully saturated rings. The number of aromatic nitrogens is 2. The fourth-order valence-corrected chi connectivity index (χ4v) is 3.25. The first kappa shape index (κ1) is 18.0. The third kappa shape index (κ3) is 3.40. The largest absolute Gasteiger partial charge is 0.449 e. The Labute approximate surface area is 162 Å². The Morgan fingerprint density at radius 1 is 1.14 bits per heavy atom. The van der Waals surface area contributed by atoms with E-state index in [2.05, 4.69) is 34.8 Å². The highest BCUT2D eigenvalue weighted by Gasteiger charge is 2.16. The molecule has 6 nitrogen and oxygen atoms in total. The number of hydrogen-bond acceptors (Lipinski definition) is 5. The normalized spacial score (nSPS) is 11.5. The van der Waals surface area contributed by atoms with Crippen LogP contribution >= 0.6 is 0 Å². The average Bonchev–Trinajstić information content (AvgIpc) is 3.07. The Balaban J connectivity index is 1.66. The molecule has 0 unspecified atom stereocenters. The molecule has 0 aliphatic carbocycles. The molecule has 2 aromatic heterocycles. The Morgan fingerprint density at radius 2 is 1.89 bits per heavy atom. The van der Waals surface area contributed by atoms with Crippen LogP contribution in [0.15, 0.2) is 57.7 Å². The van der Waals surface area contributed by atoms with E-state index in [9.17, 15) is 4.79 Å². The molecule has 0 spiro atoms. The zero-order valence-electron chi connectivity index (χ0n) is 15.8. The Kier molecular flexibility index (Phi) is 4.68. The van der Waals surface area contributed by atoms with Crippen LogP contribution in [0.5, 0.6) is 0 Å². The van der Waals surface area contributed by atoms with Gasteiger partial charge in [-0.1, -0.05) is 24.3 Å². The van der Waals surface area contributed by atoms with Crippen molar-refractivity contribution in [3.63, 3.8) is 0 Å².